The van der Waals surface area contributed by atoms with Crippen LogP contribution in [0.4, 0.5) is 0 Å². The molecule has 0 aliphatic heterocycles. The lowest BCUT2D eigenvalue weighted by Gasteiger charge is -2.08. The van der Waals surface area contributed by atoms with Gasteiger partial charge in [-0.05, 0) is 65.4 Å². The number of H-pyrrole nitrogens is 1. The van der Waals surface area contributed by atoms with E-state index in [1.807, 2.05) is 0 Å². The molecule has 0 amide bonds. The number of rotatable bonds is 1. The highest BCUT2D eigenvalue weighted by Crippen LogP contribution is 2.34. The minimum atomic E-state index is -0.0581. The largest absolute Gasteiger partial charge is 0.507 e. The number of nitrogens with zero attached hydrogens (tertiary/aromatic N) is 1. The summed E-state index contributed by atoms with van der Waals surface area (Å²) in [5.41, 5.74) is 1.93. The molecule has 0 atom stereocenters. The van der Waals surface area contributed by atoms with Gasteiger partial charge in [0.15, 0.2) is 0 Å². The summed E-state index contributed by atoms with van der Waals surface area (Å²) >= 11 is 4.97. The number of benzene rings is 1. The molecular weight excluding hydrogens is 388 g/mol. The number of aromatic amines is 1. The average molecular weight is 405 g/mol. The van der Waals surface area contributed by atoms with Gasteiger partial charge >= 0.3 is 0 Å². The third-order valence-corrected chi connectivity index (χ3v) is 6.37. The van der Waals surface area contributed by atoms with Crippen LogP contribution in [0.2, 0.25) is 0 Å². The number of aryl methyl sites for hydroxylation is 2. The highest BCUT2D eigenvalue weighted by molar-refractivity contribution is 9.10. The van der Waals surface area contributed by atoms with Crippen LogP contribution in [-0.4, -0.2) is 15.1 Å². The van der Waals surface area contributed by atoms with E-state index in [1.54, 1.807) is 29.5 Å². The number of aromatic hydroxyl groups is 1. The fraction of sp³-hybridized carbons (Fsp3) is 0.333. The Balaban J connectivity index is 1.88. The second-order valence-electron chi connectivity index (χ2n) is 6.18. The Morgan fingerprint density at radius 2 is 1.96 bits per heavy atom. The molecule has 1 aliphatic carbocycles. The van der Waals surface area contributed by atoms with E-state index in [4.69, 9.17) is 4.98 Å². The number of fused-ring (bicyclic) bond motifs is 3. The predicted octanol–water partition coefficient (Wildman–Crippen LogP) is 4.78. The van der Waals surface area contributed by atoms with Crippen molar-refractivity contribution >= 4 is 37.5 Å². The summed E-state index contributed by atoms with van der Waals surface area (Å²) in [4.78, 5) is 22.5. The average Bonchev–Trinajstić information content (AvgIpc) is 2.87. The lowest BCUT2D eigenvalue weighted by atomic mass is 9.98. The molecule has 4 nitrogen and oxygen atoms in total. The Morgan fingerprint density at radius 3 is 2.75 bits per heavy atom. The maximum Gasteiger partial charge on any atom is 0.260 e. The van der Waals surface area contributed by atoms with Crippen molar-refractivity contribution in [3.8, 4) is 17.1 Å². The van der Waals surface area contributed by atoms with Crippen molar-refractivity contribution < 1.29 is 5.11 Å². The van der Waals surface area contributed by atoms with Crippen molar-refractivity contribution in [2.24, 2.45) is 0 Å². The maximum atomic E-state index is 12.7. The molecule has 0 saturated heterocycles. The van der Waals surface area contributed by atoms with Crippen LogP contribution in [0.25, 0.3) is 21.6 Å². The summed E-state index contributed by atoms with van der Waals surface area (Å²) in [6, 6.07) is 5.12. The fourth-order valence-electron chi connectivity index (χ4n) is 3.31. The second-order valence-corrected chi connectivity index (χ2v) is 8.12. The van der Waals surface area contributed by atoms with Gasteiger partial charge in [0, 0.05) is 10.4 Å². The number of phenols is 1. The molecule has 0 fully saturated rings. The molecule has 0 unspecified atom stereocenters. The fourth-order valence-corrected chi connectivity index (χ4v) is 4.95. The van der Waals surface area contributed by atoms with Crippen molar-refractivity contribution in [1.29, 1.82) is 0 Å². The number of hydrogen-bond donors (Lipinski definition) is 2. The van der Waals surface area contributed by atoms with Gasteiger partial charge in [0.2, 0.25) is 0 Å². The molecule has 0 saturated carbocycles. The van der Waals surface area contributed by atoms with Gasteiger partial charge in [0.05, 0.1) is 9.86 Å². The van der Waals surface area contributed by atoms with E-state index in [0.717, 1.165) is 35.0 Å². The van der Waals surface area contributed by atoms with Crippen molar-refractivity contribution in [3.05, 3.63) is 43.5 Å². The number of aromatic nitrogens is 2. The van der Waals surface area contributed by atoms with E-state index >= 15 is 0 Å². The van der Waals surface area contributed by atoms with Crippen LogP contribution < -0.4 is 5.56 Å². The zero-order chi connectivity index (χ0) is 16.7. The van der Waals surface area contributed by atoms with Crippen molar-refractivity contribution in [3.63, 3.8) is 0 Å². The van der Waals surface area contributed by atoms with Crippen LogP contribution in [0.3, 0.4) is 0 Å². The van der Waals surface area contributed by atoms with E-state index in [9.17, 15) is 9.90 Å². The molecule has 24 heavy (non-hydrogen) atoms. The highest BCUT2D eigenvalue weighted by atomic mass is 79.9. The molecule has 4 rings (SSSR count). The molecule has 2 heterocycles. The van der Waals surface area contributed by atoms with Gasteiger partial charge in [-0.3, -0.25) is 4.79 Å². The third kappa shape index (κ3) is 2.78. The van der Waals surface area contributed by atoms with Crippen LogP contribution in [0.5, 0.6) is 5.75 Å². The van der Waals surface area contributed by atoms with E-state index in [0.29, 0.717) is 10.3 Å². The summed E-state index contributed by atoms with van der Waals surface area (Å²) < 4.78 is 0.584. The van der Waals surface area contributed by atoms with Crippen LogP contribution in [0, 0.1) is 0 Å². The van der Waals surface area contributed by atoms with Gasteiger partial charge in [-0.1, -0.05) is 12.8 Å². The summed E-state index contributed by atoms with van der Waals surface area (Å²) in [5, 5.41) is 10.4. The molecule has 2 aromatic heterocycles. The first-order chi connectivity index (χ1) is 11.6. The third-order valence-electron chi connectivity index (χ3n) is 4.55. The first kappa shape index (κ1) is 15.8. The predicted molar refractivity (Wildman–Crippen MR) is 101 cm³/mol. The van der Waals surface area contributed by atoms with Gasteiger partial charge in [-0.25, -0.2) is 4.98 Å². The second kappa shape index (κ2) is 6.33. The molecule has 124 valence electrons. The van der Waals surface area contributed by atoms with Gasteiger partial charge in [-0.15, -0.1) is 11.3 Å². The molecular formula is C18H17BrN2O2S. The Bertz CT molecular complexity index is 977. The SMILES string of the molecule is O=c1[nH]c(-c2ccc(O)c(Br)c2)nc2sc3c(c12)CCCCCC3. The first-order valence-corrected chi connectivity index (χ1v) is 9.78. The number of halogens is 1. The van der Waals surface area contributed by atoms with Crippen molar-refractivity contribution in [2.45, 2.75) is 38.5 Å². The summed E-state index contributed by atoms with van der Waals surface area (Å²) in [7, 11) is 0. The first-order valence-electron chi connectivity index (χ1n) is 8.17. The Kier molecular flexibility index (Phi) is 4.18. The minimum absolute atomic E-state index is 0.0581. The van der Waals surface area contributed by atoms with Crippen LogP contribution in [-0.2, 0) is 12.8 Å². The zero-order valence-corrected chi connectivity index (χ0v) is 15.5. The lowest BCUT2D eigenvalue weighted by Crippen LogP contribution is -2.10. The van der Waals surface area contributed by atoms with Crippen molar-refractivity contribution in [1.82, 2.24) is 9.97 Å². The van der Waals surface area contributed by atoms with Crippen molar-refractivity contribution in [2.75, 3.05) is 0 Å². The molecule has 0 spiro atoms. The van der Waals surface area contributed by atoms with Crippen LogP contribution in [0.15, 0.2) is 27.5 Å². The summed E-state index contributed by atoms with van der Waals surface area (Å²) in [5.74, 6) is 0.712. The van der Waals surface area contributed by atoms with Crippen LogP contribution >= 0.6 is 27.3 Å². The van der Waals surface area contributed by atoms with E-state index < -0.39 is 0 Å². The number of nitrogens with one attached hydrogen (secondary N) is 1. The topological polar surface area (TPSA) is 66.0 Å². The Morgan fingerprint density at radius 1 is 1.17 bits per heavy atom. The van der Waals surface area contributed by atoms with E-state index in [1.165, 1.54) is 29.7 Å². The Hall–Kier alpha value is -1.66. The number of phenolic OH excluding ortho intramolecular Hbond substituents is 1. The molecule has 3 aromatic rings. The minimum Gasteiger partial charge on any atom is -0.507 e. The molecule has 1 aliphatic rings. The zero-order valence-electron chi connectivity index (χ0n) is 13.1. The quantitative estimate of drug-likeness (QED) is 0.613. The van der Waals surface area contributed by atoms with E-state index in [2.05, 4.69) is 20.9 Å². The molecule has 2 N–H and O–H groups in total. The maximum absolute atomic E-state index is 12.7. The highest BCUT2D eigenvalue weighted by Gasteiger charge is 2.18. The monoisotopic (exact) mass is 404 g/mol. The summed E-state index contributed by atoms with van der Waals surface area (Å²) in [6.45, 7) is 0. The van der Waals surface area contributed by atoms with E-state index in [-0.39, 0.29) is 11.3 Å². The van der Waals surface area contributed by atoms with Gasteiger partial charge < -0.3 is 10.1 Å². The Labute approximate surface area is 151 Å². The smallest absolute Gasteiger partial charge is 0.260 e. The summed E-state index contributed by atoms with van der Waals surface area (Å²) in [6.07, 6.45) is 6.87. The van der Waals surface area contributed by atoms with Crippen LogP contribution in [0.1, 0.15) is 36.1 Å². The van der Waals surface area contributed by atoms with Gasteiger partial charge in [0.1, 0.15) is 16.4 Å². The number of hydrogen-bond acceptors (Lipinski definition) is 4. The van der Waals surface area contributed by atoms with Gasteiger partial charge in [0.25, 0.3) is 5.56 Å². The molecule has 6 heteroatoms. The normalized spacial score (nSPS) is 15.0. The number of thiophene rings is 1. The standard InChI is InChI=1S/C18H17BrN2O2S/c19-12-9-10(7-8-13(12)22)16-20-17(23)15-11-5-3-1-2-4-6-14(11)24-18(15)21-16/h7-9,22H,1-6H2,(H,20,21,23). The molecule has 0 radical (unpaired) electrons. The lowest BCUT2D eigenvalue weighted by molar-refractivity contribution is 0.472. The molecule has 1 aromatic carbocycles. The van der Waals surface area contributed by atoms with Gasteiger partial charge in [-0.2, -0.15) is 0 Å². The molecule has 0 bridgehead atoms.